The SMILES string of the molecule is CC(=O)NC[C@H]1CN(c2ccc(SCCC#N)c(F)c2)C(=O)O1. The molecule has 8 heteroatoms. The Morgan fingerprint density at radius 2 is 2.39 bits per heavy atom. The Kier molecular flexibility index (Phi) is 5.82. The zero-order chi connectivity index (χ0) is 16.8. The molecular weight excluding hydrogens is 321 g/mol. The first kappa shape index (κ1) is 17.1. The van der Waals surface area contributed by atoms with Crippen LogP contribution in [0.1, 0.15) is 13.3 Å². The standard InChI is InChI=1S/C15H16FN3O3S/c1-10(20)18-8-12-9-19(15(21)22-12)11-3-4-14(13(16)7-11)23-6-2-5-17/h3-4,7,12H,2,6,8-9H2,1H3,(H,18,20)/t12-/m0/s1. The molecule has 1 N–H and O–H groups in total. The molecule has 1 heterocycles. The Hall–Kier alpha value is -2.27. The van der Waals surface area contributed by atoms with E-state index >= 15 is 0 Å². The Morgan fingerprint density at radius 1 is 1.61 bits per heavy atom. The summed E-state index contributed by atoms with van der Waals surface area (Å²) < 4.78 is 19.2. The number of nitrogens with zero attached hydrogens (tertiary/aromatic N) is 2. The van der Waals surface area contributed by atoms with Crippen molar-refractivity contribution < 1.29 is 18.7 Å². The van der Waals surface area contributed by atoms with Gasteiger partial charge in [-0.25, -0.2) is 9.18 Å². The van der Waals surface area contributed by atoms with Crippen LogP contribution in [0.15, 0.2) is 23.1 Å². The van der Waals surface area contributed by atoms with Crippen molar-refractivity contribution in [2.24, 2.45) is 0 Å². The highest BCUT2D eigenvalue weighted by Crippen LogP contribution is 2.28. The van der Waals surface area contributed by atoms with Gasteiger partial charge in [0.2, 0.25) is 5.91 Å². The molecule has 0 bridgehead atoms. The van der Waals surface area contributed by atoms with E-state index in [9.17, 15) is 14.0 Å². The van der Waals surface area contributed by atoms with Gasteiger partial charge in [0, 0.05) is 24.0 Å². The molecule has 1 saturated heterocycles. The topological polar surface area (TPSA) is 82.4 Å². The molecule has 2 amide bonds. The van der Waals surface area contributed by atoms with Crippen LogP contribution in [0, 0.1) is 17.1 Å². The summed E-state index contributed by atoms with van der Waals surface area (Å²) in [6.07, 6.45) is -0.682. The number of halogens is 1. The highest BCUT2D eigenvalue weighted by Gasteiger charge is 2.32. The first-order chi connectivity index (χ1) is 11.0. The molecule has 1 aromatic carbocycles. The molecule has 0 aromatic heterocycles. The summed E-state index contributed by atoms with van der Waals surface area (Å²) in [5, 5.41) is 11.1. The minimum Gasteiger partial charge on any atom is -0.442 e. The molecule has 1 atom stereocenters. The molecule has 0 aliphatic carbocycles. The van der Waals surface area contributed by atoms with Gasteiger partial charge in [0.1, 0.15) is 11.9 Å². The van der Waals surface area contributed by atoms with E-state index in [-0.39, 0.29) is 19.0 Å². The van der Waals surface area contributed by atoms with E-state index in [2.05, 4.69) is 5.32 Å². The fourth-order valence-electron chi connectivity index (χ4n) is 2.08. The van der Waals surface area contributed by atoms with E-state index in [0.717, 1.165) is 0 Å². The zero-order valence-electron chi connectivity index (χ0n) is 12.5. The van der Waals surface area contributed by atoms with E-state index < -0.39 is 18.0 Å². The van der Waals surface area contributed by atoms with Crippen LogP contribution in [0.4, 0.5) is 14.9 Å². The maximum atomic E-state index is 14.1. The van der Waals surface area contributed by atoms with E-state index in [0.29, 0.717) is 22.8 Å². The number of nitrogens with one attached hydrogen (secondary N) is 1. The van der Waals surface area contributed by atoms with Gasteiger partial charge in [-0.15, -0.1) is 11.8 Å². The van der Waals surface area contributed by atoms with Crippen LogP contribution >= 0.6 is 11.8 Å². The molecule has 1 aromatic rings. The van der Waals surface area contributed by atoms with Gasteiger partial charge in [-0.1, -0.05) is 0 Å². The molecule has 0 spiro atoms. The number of amides is 2. The second-order valence-corrected chi connectivity index (χ2v) is 6.06. The Labute approximate surface area is 137 Å². The molecule has 2 rings (SSSR count). The number of ether oxygens (including phenoxy) is 1. The van der Waals surface area contributed by atoms with Crippen molar-refractivity contribution in [2.45, 2.75) is 24.3 Å². The van der Waals surface area contributed by atoms with Crippen LogP contribution in [0.2, 0.25) is 0 Å². The molecule has 6 nitrogen and oxygen atoms in total. The summed E-state index contributed by atoms with van der Waals surface area (Å²) in [5.74, 6) is -0.134. The van der Waals surface area contributed by atoms with Gasteiger partial charge in [-0.3, -0.25) is 9.69 Å². The third-order valence-electron chi connectivity index (χ3n) is 3.15. The van der Waals surface area contributed by atoms with Crippen LogP contribution in [-0.4, -0.2) is 36.9 Å². The van der Waals surface area contributed by atoms with Crippen molar-refractivity contribution in [3.63, 3.8) is 0 Å². The van der Waals surface area contributed by atoms with Crippen LogP contribution < -0.4 is 10.2 Å². The predicted octanol–water partition coefficient (Wildman–Crippen LogP) is 2.29. The second kappa shape index (κ2) is 7.83. The molecular formula is C15H16FN3O3S. The number of carbonyl (C=O) groups is 2. The third kappa shape index (κ3) is 4.60. The third-order valence-corrected chi connectivity index (χ3v) is 4.20. The largest absolute Gasteiger partial charge is 0.442 e. The van der Waals surface area contributed by atoms with Crippen molar-refractivity contribution in [1.29, 1.82) is 5.26 Å². The predicted molar refractivity (Wildman–Crippen MR) is 83.7 cm³/mol. The number of hydrogen-bond acceptors (Lipinski definition) is 5. The lowest BCUT2D eigenvalue weighted by atomic mass is 10.2. The summed E-state index contributed by atoms with van der Waals surface area (Å²) >= 11 is 1.26. The average Bonchev–Trinajstić information content (AvgIpc) is 2.88. The normalized spacial score (nSPS) is 16.8. The number of cyclic esters (lactones) is 1. The van der Waals surface area contributed by atoms with Crippen molar-refractivity contribution >= 4 is 29.4 Å². The van der Waals surface area contributed by atoms with E-state index in [1.807, 2.05) is 6.07 Å². The Morgan fingerprint density at radius 3 is 3.04 bits per heavy atom. The zero-order valence-corrected chi connectivity index (χ0v) is 13.4. The van der Waals surface area contributed by atoms with Gasteiger partial charge in [0.15, 0.2) is 0 Å². The van der Waals surface area contributed by atoms with Crippen LogP contribution in [0.5, 0.6) is 0 Å². The maximum Gasteiger partial charge on any atom is 0.414 e. The van der Waals surface area contributed by atoms with E-state index in [1.165, 1.54) is 29.7 Å². The minimum atomic E-state index is -0.565. The summed E-state index contributed by atoms with van der Waals surface area (Å²) in [4.78, 5) is 24.5. The highest BCUT2D eigenvalue weighted by atomic mass is 32.2. The van der Waals surface area contributed by atoms with Gasteiger partial charge in [-0.05, 0) is 18.2 Å². The van der Waals surface area contributed by atoms with E-state index in [4.69, 9.17) is 10.00 Å². The molecule has 0 unspecified atom stereocenters. The number of hydrogen-bond donors (Lipinski definition) is 1. The van der Waals surface area contributed by atoms with Gasteiger partial charge in [-0.2, -0.15) is 5.26 Å². The number of thioether (sulfide) groups is 1. The van der Waals surface area contributed by atoms with Crippen LogP contribution in [0.3, 0.4) is 0 Å². The van der Waals surface area contributed by atoms with Crippen LogP contribution in [0.25, 0.3) is 0 Å². The Bertz CT molecular complexity index is 647. The van der Waals surface area contributed by atoms with Gasteiger partial charge in [0.05, 0.1) is 24.8 Å². The molecule has 0 radical (unpaired) electrons. The van der Waals surface area contributed by atoms with Crippen LogP contribution in [-0.2, 0) is 9.53 Å². The second-order valence-electron chi connectivity index (χ2n) is 4.92. The fraction of sp³-hybridized carbons (Fsp3) is 0.400. The first-order valence-electron chi connectivity index (χ1n) is 7.03. The Balaban J connectivity index is 2.01. The van der Waals surface area contributed by atoms with Gasteiger partial charge in [0.25, 0.3) is 0 Å². The smallest absolute Gasteiger partial charge is 0.414 e. The van der Waals surface area contributed by atoms with Crippen molar-refractivity contribution in [3.05, 3.63) is 24.0 Å². The molecule has 1 fully saturated rings. The molecule has 0 saturated carbocycles. The number of nitriles is 1. The quantitative estimate of drug-likeness (QED) is 0.636. The summed E-state index contributed by atoms with van der Waals surface area (Å²) in [7, 11) is 0. The summed E-state index contributed by atoms with van der Waals surface area (Å²) in [6.45, 7) is 1.86. The highest BCUT2D eigenvalue weighted by molar-refractivity contribution is 7.99. The maximum absolute atomic E-state index is 14.1. The number of benzene rings is 1. The van der Waals surface area contributed by atoms with Crippen molar-refractivity contribution in [3.8, 4) is 6.07 Å². The molecule has 122 valence electrons. The number of carbonyl (C=O) groups excluding carboxylic acids is 2. The van der Waals surface area contributed by atoms with Crippen molar-refractivity contribution in [1.82, 2.24) is 5.32 Å². The lowest BCUT2D eigenvalue weighted by molar-refractivity contribution is -0.119. The summed E-state index contributed by atoms with van der Waals surface area (Å²) in [6, 6.07) is 6.50. The summed E-state index contributed by atoms with van der Waals surface area (Å²) in [5.41, 5.74) is 0.405. The van der Waals surface area contributed by atoms with Gasteiger partial charge >= 0.3 is 6.09 Å². The molecule has 1 aliphatic rings. The lowest BCUT2D eigenvalue weighted by Gasteiger charge is -2.14. The molecule has 1 aliphatic heterocycles. The van der Waals surface area contributed by atoms with Crippen molar-refractivity contribution in [2.75, 3.05) is 23.7 Å². The average molecular weight is 337 g/mol. The first-order valence-corrected chi connectivity index (χ1v) is 8.01. The van der Waals surface area contributed by atoms with Gasteiger partial charge < -0.3 is 10.1 Å². The number of anilines is 1. The van der Waals surface area contributed by atoms with E-state index in [1.54, 1.807) is 12.1 Å². The number of rotatable bonds is 6. The lowest BCUT2D eigenvalue weighted by Crippen LogP contribution is -2.33. The monoisotopic (exact) mass is 337 g/mol. The minimum absolute atomic E-state index is 0.204. The fourth-order valence-corrected chi connectivity index (χ4v) is 2.85. The molecule has 23 heavy (non-hydrogen) atoms.